The second-order valence-corrected chi connectivity index (χ2v) is 9.84. The summed E-state index contributed by atoms with van der Waals surface area (Å²) >= 11 is 0. The smallest absolute Gasteiger partial charge is 0.132 e. The van der Waals surface area contributed by atoms with Gasteiger partial charge < -0.3 is 15.5 Å². The first-order chi connectivity index (χ1) is 17.8. The number of fused-ring (bicyclic) bond motifs is 1. The minimum Gasteiger partial charge on any atom is -0.379 e. The Morgan fingerprint density at radius 3 is 2.81 bits per heavy atom. The van der Waals surface area contributed by atoms with Crippen LogP contribution in [0.4, 0.5) is 5.82 Å². The third-order valence-corrected chi connectivity index (χ3v) is 7.32. The molecule has 2 aliphatic heterocycles. The highest BCUT2D eigenvalue weighted by atomic mass is 16.5. The van der Waals surface area contributed by atoms with E-state index in [1.165, 1.54) is 31.3 Å². The van der Waals surface area contributed by atoms with Gasteiger partial charge in [-0.25, -0.2) is 4.98 Å². The number of allylic oxidation sites excluding steroid dienone is 2. The maximum atomic E-state index is 5.43. The molecule has 0 radical (unpaired) electrons. The van der Waals surface area contributed by atoms with Crippen LogP contribution in [0.15, 0.2) is 60.5 Å². The number of hydrazine groups is 1. The molecule has 9 heteroatoms. The van der Waals surface area contributed by atoms with Gasteiger partial charge in [-0.2, -0.15) is 5.10 Å². The number of pyridine rings is 2. The van der Waals surface area contributed by atoms with E-state index in [2.05, 4.69) is 55.7 Å². The minimum atomic E-state index is 0.646. The number of anilines is 1. The normalized spacial score (nSPS) is 19.0. The summed E-state index contributed by atoms with van der Waals surface area (Å²) in [5.41, 5.74) is 11.5. The van der Waals surface area contributed by atoms with E-state index in [4.69, 9.17) is 9.72 Å². The average Bonchev–Trinajstić information content (AvgIpc) is 3.62. The highest BCUT2D eigenvalue weighted by molar-refractivity contribution is 5.81. The van der Waals surface area contributed by atoms with Crippen molar-refractivity contribution in [1.82, 2.24) is 35.5 Å². The molecule has 3 aliphatic rings. The molecule has 0 bridgehead atoms. The SMILES string of the molecule is C1=C(Nc2ccc3ncc(-c4cnn(CCCN5CCOCC5)c4)cc3n2)NNC=C1C1CCCC1. The molecule has 1 saturated carbocycles. The van der Waals surface area contributed by atoms with Crippen molar-refractivity contribution in [3.8, 4) is 11.1 Å². The maximum Gasteiger partial charge on any atom is 0.132 e. The van der Waals surface area contributed by atoms with Crippen LogP contribution in [0, 0.1) is 5.92 Å². The Balaban J connectivity index is 1.12. The van der Waals surface area contributed by atoms with E-state index >= 15 is 0 Å². The molecule has 9 nitrogen and oxygen atoms in total. The number of hydrogen-bond acceptors (Lipinski definition) is 8. The quantitative estimate of drug-likeness (QED) is 0.444. The molecule has 0 atom stereocenters. The molecule has 1 saturated heterocycles. The summed E-state index contributed by atoms with van der Waals surface area (Å²) in [7, 11) is 0. The number of ether oxygens (including phenoxy) is 1. The summed E-state index contributed by atoms with van der Waals surface area (Å²) in [4.78, 5) is 11.9. The lowest BCUT2D eigenvalue weighted by Gasteiger charge is -2.26. The van der Waals surface area contributed by atoms with Crippen molar-refractivity contribution in [3.05, 3.63) is 60.5 Å². The second-order valence-electron chi connectivity index (χ2n) is 9.84. The summed E-state index contributed by atoms with van der Waals surface area (Å²) in [5.74, 6) is 2.34. The summed E-state index contributed by atoms with van der Waals surface area (Å²) in [5, 5.41) is 7.99. The van der Waals surface area contributed by atoms with E-state index in [0.29, 0.717) is 5.92 Å². The number of hydrogen-bond donors (Lipinski definition) is 3. The lowest BCUT2D eigenvalue weighted by Crippen LogP contribution is -2.37. The highest BCUT2D eigenvalue weighted by Crippen LogP contribution is 2.32. The predicted octanol–water partition coefficient (Wildman–Crippen LogP) is 3.65. The lowest BCUT2D eigenvalue weighted by atomic mass is 9.97. The molecule has 36 heavy (non-hydrogen) atoms. The van der Waals surface area contributed by atoms with Gasteiger partial charge in [0.15, 0.2) is 0 Å². The van der Waals surface area contributed by atoms with Gasteiger partial charge in [-0.3, -0.25) is 20.0 Å². The van der Waals surface area contributed by atoms with Crippen molar-refractivity contribution in [3.63, 3.8) is 0 Å². The summed E-state index contributed by atoms with van der Waals surface area (Å²) < 4.78 is 7.45. The minimum absolute atomic E-state index is 0.646. The Bertz CT molecular complexity index is 1250. The van der Waals surface area contributed by atoms with Gasteiger partial charge in [0.1, 0.15) is 11.6 Å². The number of morpholine rings is 1. The number of rotatable bonds is 8. The van der Waals surface area contributed by atoms with E-state index in [1.807, 2.05) is 29.2 Å². The van der Waals surface area contributed by atoms with Crippen LogP contribution in [0.5, 0.6) is 0 Å². The van der Waals surface area contributed by atoms with E-state index < -0.39 is 0 Å². The monoisotopic (exact) mass is 486 g/mol. The van der Waals surface area contributed by atoms with Crippen LogP contribution in [0.3, 0.4) is 0 Å². The third kappa shape index (κ3) is 5.37. The molecule has 188 valence electrons. The van der Waals surface area contributed by atoms with Gasteiger partial charge >= 0.3 is 0 Å². The van der Waals surface area contributed by atoms with Gasteiger partial charge in [0, 0.05) is 55.9 Å². The highest BCUT2D eigenvalue weighted by Gasteiger charge is 2.20. The van der Waals surface area contributed by atoms with E-state index in [1.54, 1.807) is 0 Å². The first-order valence-corrected chi connectivity index (χ1v) is 13.1. The molecule has 1 aliphatic carbocycles. The molecule has 3 aromatic heterocycles. The van der Waals surface area contributed by atoms with E-state index in [0.717, 1.165) is 79.6 Å². The zero-order chi connectivity index (χ0) is 24.2. The van der Waals surface area contributed by atoms with Crippen molar-refractivity contribution < 1.29 is 4.74 Å². The molecular formula is C27H34N8O. The first-order valence-electron chi connectivity index (χ1n) is 13.1. The van der Waals surface area contributed by atoms with Crippen LogP contribution in [0.25, 0.3) is 22.2 Å². The molecule has 0 amide bonds. The third-order valence-electron chi connectivity index (χ3n) is 7.32. The fourth-order valence-electron chi connectivity index (χ4n) is 5.29. The summed E-state index contributed by atoms with van der Waals surface area (Å²) in [6.45, 7) is 5.72. The van der Waals surface area contributed by atoms with Crippen LogP contribution in [-0.4, -0.2) is 57.5 Å². The van der Waals surface area contributed by atoms with Gasteiger partial charge in [0.05, 0.1) is 30.4 Å². The molecule has 0 spiro atoms. The number of aryl methyl sites for hydroxylation is 1. The van der Waals surface area contributed by atoms with Gasteiger partial charge in [-0.1, -0.05) is 12.8 Å². The Morgan fingerprint density at radius 1 is 1.03 bits per heavy atom. The van der Waals surface area contributed by atoms with Crippen LogP contribution in [0.2, 0.25) is 0 Å². The molecule has 5 heterocycles. The number of nitrogens with one attached hydrogen (secondary N) is 3. The van der Waals surface area contributed by atoms with Crippen molar-refractivity contribution in [2.24, 2.45) is 5.92 Å². The van der Waals surface area contributed by atoms with E-state index in [-0.39, 0.29) is 0 Å². The predicted molar refractivity (Wildman–Crippen MR) is 141 cm³/mol. The standard InChI is InChI=1S/C27H34N8O/c1-2-5-20(4-1)22-15-27(33-29-17-22)32-26-7-6-24-25(31-26)14-21(16-28-24)23-18-30-35(19-23)9-3-8-34-10-12-36-13-11-34/h6-7,14-20,29,33H,1-5,8-13H2,(H,31,32). The van der Waals surface area contributed by atoms with Crippen molar-refractivity contribution in [1.29, 1.82) is 0 Å². The van der Waals surface area contributed by atoms with Crippen molar-refractivity contribution >= 4 is 16.9 Å². The molecule has 0 aromatic carbocycles. The molecule has 2 fully saturated rings. The molecule has 3 N–H and O–H groups in total. The van der Waals surface area contributed by atoms with Crippen molar-refractivity contribution in [2.45, 2.75) is 38.6 Å². The number of nitrogens with zero attached hydrogens (tertiary/aromatic N) is 5. The fourth-order valence-corrected chi connectivity index (χ4v) is 5.29. The maximum absolute atomic E-state index is 5.43. The largest absolute Gasteiger partial charge is 0.379 e. The Morgan fingerprint density at radius 2 is 1.92 bits per heavy atom. The lowest BCUT2D eigenvalue weighted by molar-refractivity contribution is 0.0368. The van der Waals surface area contributed by atoms with Crippen LogP contribution >= 0.6 is 0 Å². The Kier molecular flexibility index (Phi) is 6.82. The summed E-state index contributed by atoms with van der Waals surface area (Å²) in [6.07, 6.45) is 16.4. The Labute approximate surface area is 211 Å². The first kappa shape index (κ1) is 23.0. The van der Waals surface area contributed by atoms with Gasteiger partial charge in [0.2, 0.25) is 0 Å². The average molecular weight is 487 g/mol. The molecular weight excluding hydrogens is 452 g/mol. The zero-order valence-electron chi connectivity index (χ0n) is 20.6. The van der Waals surface area contributed by atoms with Crippen LogP contribution in [-0.2, 0) is 11.3 Å². The molecule has 0 unspecified atom stereocenters. The van der Waals surface area contributed by atoms with E-state index in [9.17, 15) is 0 Å². The molecule has 3 aromatic rings. The van der Waals surface area contributed by atoms with Gasteiger partial charge in [-0.05, 0) is 55.0 Å². The van der Waals surface area contributed by atoms with Crippen molar-refractivity contribution in [2.75, 3.05) is 38.2 Å². The fraction of sp³-hybridized carbons (Fsp3) is 0.444. The summed E-state index contributed by atoms with van der Waals surface area (Å²) in [6, 6.07) is 6.07. The topological polar surface area (TPSA) is 92.2 Å². The van der Waals surface area contributed by atoms with Gasteiger partial charge in [-0.15, -0.1) is 0 Å². The van der Waals surface area contributed by atoms with Gasteiger partial charge in [0.25, 0.3) is 0 Å². The van der Waals surface area contributed by atoms with Crippen LogP contribution < -0.4 is 16.2 Å². The number of aromatic nitrogens is 4. The van der Waals surface area contributed by atoms with Crippen LogP contribution in [0.1, 0.15) is 32.1 Å². The molecule has 6 rings (SSSR count). The second kappa shape index (κ2) is 10.7. The Hall–Kier alpha value is -3.43. The zero-order valence-corrected chi connectivity index (χ0v) is 20.6.